The highest BCUT2D eigenvalue weighted by molar-refractivity contribution is 6.30. The molecule has 0 aliphatic carbocycles. The quantitative estimate of drug-likeness (QED) is 0.914. The third kappa shape index (κ3) is 3.94. The lowest BCUT2D eigenvalue weighted by atomic mass is 10.1. The molecule has 1 saturated heterocycles. The first-order chi connectivity index (χ1) is 11.3. The van der Waals surface area contributed by atoms with Crippen LogP contribution >= 0.6 is 11.6 Å². The molecule has 0 bridgehead atoms. The predicted molar refractivity (Wildman–Crippen MR) is 93.8 cm³/mol. The fourth-order valence-corrected chi connectivity index (χ4v) is 3.00. The number of hydrogen-bond acceptors (Lipinski definition) is 4. The van der Waals surface area contributed by atoms with Crippen molar-refractivity contribution in [2.75, 3.05) is 23.3 Å². The molecule has 1 fully saturated rings. The Bertz CT molecular complexity index is 717. The van der Waals surface area contributed by atoms with Crippen LogP contribution in [0.5, 0.6) is 0 Å². The van der Waals surface area contributed by atoms with Gasteiger partial charge in [-0.2, -0.15) is 5.26 Å². The van der Waals surface area contributed by atoms with E-state index in [1.165, 1.54) is 19.3 Å². The Labute approximate surface area is 141 Å². The van der Waals surface area contributed by atoms with Gasteiger partial charge in [-0.1, -0.05) is 11.6 Å². The van der Waals surface area contributed by atoms with Gasteiger partial charge in [0.05, 0.1) is 11.3 Å². The minimum Gasteiger partial charge on any atom is -0.380 e. The molecule has 0 saturated carbocycles. The second-order valence-corrected chi connectivity index (χ2v) is 6.16. The van der Waals surface area contributed by atoms with Crippen molar-refractivity contribution in [1.29, 1.82) is 5.26 Å². The first-order valence-electron chi connectivity index (χ1n) is 7.89. The Morgan fingerprint density at radius 3 is 2.78 bits per heavy atom. The molecule has 1 aliphatic rings. The van der Waals surface area contributed by atoms with Gasteiger partial charge in [-0.05, 0) is 55.2 Å². The van der Waals surface area contributed by atoms with Crippen molar-refractivity contribution in [3.63, 3.8) is 0 Å². The van der Waals surface area contributed by atoms with Crippen molar-refractivity contribution in [1.82, 2.24) is 4.98 Å². The van der Waals surface area contributed by atoms with Crippen molar-refractivity contribution in [3.05, 3.63) is 52.7 Å². The number of aromatic nitrogens is 1. The Kier molecular flexibility index (Phi) is 4.99. The summed E-state index contributed by atoms with van der Waals surface area (Å²) in [6, 6.07) is 11.6. The van der Waals surface area contributed by atoms with Crippen molar-refractivity contribution >= 4 is 23.1 Å². The monoisotopic (exact) mass is 326 g/mol. The fourth-order valence-electron chi connectivity index (χ4n) is 2.83. The van der Waals surface area contributed by atoms with E-state index in [-0.39, 0.29) is 0 Å². The number of halogens is 1. The van der Waals surface area contributed by atoms with Crippen LogP contribution in [0.1, 0.15) is 30.4 Å². The summed E-state index contributed by atoms with van der Waals surface area (Å²) in [5, 5.41) is 13.1. The summed E-state index contributed by atoms with van der Waals surface area (Å²) < 4.78 is 0. The van der Waals surface area contributed by atoms with Gasteiger partial charge in [0, 0.05) is 30.9 Å². The smallest absolute Gasteiger partial charge is 0.128 e. The lowest BCUT2D eigenvalue weighted by Crippen LogP contribution is -2.30. The summed E-state index contributed by atoms with van der Waals surface area (Å²) in [5.74, 6) is 1.04. The number of rotatable bonds is 4. The third-order valence-corrected chi connectivity index (χ3v) is 4.31. The number of benzene rings is 1. The maximum atomic E-state index is 9.19. The molecule has 0 unspecified atom stereocenters. The maximum absolute atomic E-state index is 9.19. The molecule has 4 nitrogen and oxygen atoms in total. The van der Waals surface area contributed by atoms with E-state index >= 15 is 0 Å². The second kappa shape index (κ2) is 7.34. The standard InChI is InChI=1S/C18H19ClN4/c19-16-4-5-17(15(11-16)12-20)22-13-14-6-7-21-18(10-14)23-8-2-1-3-9-23/h4-7,10-11,22H,1-3,8-9,13H2. The van der Waals surface area contributed by atoms with Gasteiger partial charge < -0.3 is 10.2 Å². The fraction of sp³-hybridized carbons (Fsp3) is 0.333. The molecule has 0 amide bonds. The molecule has 23 heavy (non-hydrogen) atoms. The molecular weight excluding hydrogens is 308 g/mol. The van der Waals surface area contributed by atoms with Crippen molar-refractivity contribution in [2.24, 2.45) is 0 Å². The maximum Gasteiger partial charge on any atom is 0.128 e. The molecule has 1 aliphatic heterocycles. The normalized spacial score (nSPS) is 14.3. The van der Waals surface area contributed by atoms with Crippen LogP contribution in [0.3, 0.4) is 0 Å². The van der Waals surface area contributed by atoms with E-state index in [2.05, 4.69) is 27.3 Å². The zero-order valence-corrected chi connectivity index (χ0v) is 13.7. The molecule has 0 atom stereocenters. The first kappa shape index (κ1) is 15.6. The summed E-state index contributed by atoms with van der Waals surface area (Å²) in [6.07, 6.45) is 5.64. The van der Waals surface area contributed by atoms with Gasteiger partial charge in [0.2, 0.25) is 0 Å². The first-order valence-corrected chi connectivity index (χ1v) is 8.27. The van der Waals surface area contributed by atoms with Gasteiger partial charge in [0.15, 0.2) is 0 Å². The van der Waals surface area contributed by atoms with Crippen molar-refractivity contribution in [3.8, 4) is 6.07 Å². The summed E-state index contributed by atoms with van der Waals surface area (Å²) in [6.45, 7) is 2.82. The minimum absolute atomic E-state index is 0.558. The highest BCUT2D eigenvalue weighted by Crippen LogP contribution is 2.22. The summed E-state index contributed by atoms with van der Waals surface area (Å²) >= 11 is 5.93. The number of nitrogens with one attached hydrogen (secondary N) is 1. The molecule has 1 aromatic carbocycles. The van der Waals surface area contributed by atoms with Crippen LogP contribution in [0.25, 0.3) is 0 Å². The van der Waals surface area contributed by atoms with Crippen molar-refractivity contribution in [2.45, 2.75) is 25.8 Å². The molecule has 2 aromatic rings. The summed E-state index contributed by atoms with van der Waals surface area (Å²) in [5.41, 5.74) is 2.51. The molecule has 0 spiro atoms. The predicted octanol–water partition coefficient (Wildman–Crippen LogP) is 4.21. The average Bonchev–Trinajstić information content (AvgIpc) is 2.61. The molecule has 118 valence electrons. The highest BCUT2D eigenvalue weighted by Gasteiger charge is 2.12. The van der Waals surface area contributed by atoms with Crippen molar-refractivity contribution < 1.29 is 0 Å². The van der Waals surface area contributed by atoms with Crippen LogP contribution in [0.15, 0.2) is 36.5 Å². The zero-order valence-electron chi connectivity index (χ0n) is 12.9. The molecular formula is C18H19ClN4. The molecule has 1 N–H and O–H groups in total. The topological polar surface area (TPSA) is 52.0 Å². The largest absolute Gasteiger partial charge is 0.380 e. The van der Waals surface area contributed by atoms with Crippen LogP contribution in [0, 0.1) is 11.3 Å². The van der Waals surface area contributed by atoms with Gasteiger partial charge in [-0.3, -0.25) is 0 Å². The lowest BCUT2D eigenvalue weighted by Gasteiger charge is -2.28. The van der Waals surface area contributed by atoms with Gasteiger partial charge >= 0.3 is 0 Å². The SMILES string of the molecule is N#Cc1cc(Cl)ccc1NCc1ccnc(N2CCCCC2)c1. The van der Waals surface area contributed by atoms with Crippen LogP contribution in [-0.4, -0.2) is 18.1 Å². The minimum atomic E-state index is 0.558. The van der Waals surface area contributed by atoms with Crippen LogP contribution in [-0.2, 0) is 6.54 Å². The Morgan fingerprint density at radius 1 is 1.17 bits per heavy atom. The number of anilines is 2. The zero-order chi connectivity index (χ0) is 16.1. The molecule has 0 radical (unpaired) electrons. The summed E-state index contributed by atoms with van der Waals surface area (Å²) in [7, 11) is 0. The Morgan fingerprint density at radius 2 is 2.00 bits per heavy atom. The van der Waals surface area contributed by atoms with Gasteiger partial charge in [0.1, 0.15) is 11.9 Å². The number of piperidine rings is 1. The molecule has 3 rings (SSSR count). The van der Waals surface area contributed by atoms with Gasteiger partial charge in [0.25, 0.3) is 0 Å². The highest BCUT2D eigenvalue weighted by atomic mass is 35.5. The molecule has 2 heterocycles. The lowest BCUT2D eigenvalue weighted by molar-refractivity contribution is 0.573. The average molecular weight is 327 g/mol. The molecule has 5 heteroatoms. The second-order valence-electron chi connectivity index (χ2n) is 5.73. The van der Waals surface area contributed by atoms with E-state index in [1.54, 1.807) is 12.1 Å². The number of nitriles is 1. The number of hydrogen-bond donors (Lipinski definition) is 1. The van der Waals surface area contributed by atoms with E-state index in [0.29, 0.717) is 17.1 Å². The van der Waals surface area contributed by atoms with E-state index in [9.17, 15) is 5.26 Å². The van der Waals surface area contributed by atoms with E-state index in [1.807, 2.05) is 18.3 Å². The number of pyridine rings is 1. The molecule has 1 aromatic heterocycles. The van der Waals surface area contributed by atoms with Crippen LogP contribution < -0.4 is 10.2 Å². The van der Waals surface area contributed by atoms with E-state index in [0.717, 1.165) is 30.2 Å². The van der Waals surface area contributed by atoms with E-state index in [4.69, 9.17) is 11.6 Å². The Hall–Kier alpha value is -2.25. The van der Waals surface area contributed by atoms with Crippen LogP contribution in [0.2, 0.25) is 5.02 Å². The van der Waals surface area contributed by atoms with Crippen LogP contribution in [0.4, 0.5) is 11.5 Å². The van der Waals surface area contributed by atoms with E-state index < -0.39 is 0 Å². The summed E-state index contributed by atoms with van der Waals surface area (Å²) in [4.78, 5) is 6.83. The van der Waals surface area contributed by atoms with Gasteiger partial charge in [-0.25, -0.2) is 4.98 Å². The third-order valence-electron chi connectivity index (χ3n) is 4.08. The number of nitrogens with zero attached hydrogens (tertiary/aromatic N) is 3. The van der Waals surface area contributed by atoms with Gasteiger partial charge in [-0.15, -0.1) is 0 Å². The Balaban J connectivity index is 1.70.